The summed E-state index contributed by atoms with van der Waals surface area (Å²) in [6.07, 6.45) is 1.63. The van der Waals surface area contributed by atoms with Gasteiger partial charge >= 0.3 is 6.01 Å². The van der Waals surface area contributed by atoms with E-state index in [0.717, 1.165) is 5.76 Å². The molecule has 0 aliphatic heterocycles. The number of hydrogen-bond acceptors (Lipinski definition) is 5. The molecule has 2 rings (SSSR count). The lowest BCUT2D eigenvalue weighted by atomic mass is 9.97. The maximum atomic E-state index is 5.47. The highest BCUT2D eigenvalue weighted by Crippen LogP contribution is 2.22. The van der Waals surface area contributed by atoms with Crippen LogP contribution in [-0.2, 0) is 12.0 Å². The smallest absolute Gasteiger partial charge is 0.315 e. The Morgan fingerprint density at radius 1 is 1.31 bits per heavy atom. The van der Waals surface area contributed by atoms with Crippen LogP contribution in [0.2, 0.25) is 0 Å². The molecule has 2 aromatic heterocycles. The highest BCUT2D eigenvalue weighted by molar-refractivity contribution is 5.20. The van der Waals surface area contributed by atoms with Crippen molar-refractivity contribution in [3.63, 3.8) is 0 Å². The van der Waals surface area contributed by atoms with Gasteiger partial charge in [0.2, 0.25) is 5.89 Å². The Balaban J connectivity index is 1.98. The predicted molar refractivity (Wildman–Crippen MR) is 59.0 cm³/mol. The summed E-state index contributed by atoms with van der Waals surface area (Å²) in [5.41, 5.74) is -0.127. The van der Waals surface area contributed by atoms with E-state index in [9.17, 15) is 0 Å². The molecule has 2 heterocycles. The summed E-state index contributed by atoms with van der Waals surface area (Å²) in [6, 6.07) is 4.14. The number of rotatable bonds is 3. The monoisotopic (exact) mass is 221 g/mol. The third-order valence-corrected chi connectivity index (χ3v) is 2.06. The van der Waals surface area contributed by atoms with Crippen LogP contribution < -0.4 is 5.32 Å². The fourth-order valence-corrected chi connectivity index (χ4v) is 1.17. The lowest BCUT2D eigenvalue weighted by Gasteiger charge is -2.10. The number of anilines is 1. The molecular weight excluding hydrogens is 206 g/mol. The van der Waals surface area contributed by atoms with Crippen molar-refractivity contribution in [3.8, 4) is 0 Å². The summed E-state index contributed by atoms with van der Waals surface area (Å²) in [6.45, 7) is 6.61. The van der Waals surface area contributed by atoms with E-state index in [1.54, 1.807) is 6.26 Å². The van der Waals surface area contributed by atoms with Gasteiger partial charge in [-0.25, -0.2) is 0 Å². The molecule has 1 N–H and O–H groups in total. The Hall–Kier alpha value is -1.78. The van der Waals surface area contributed by atoms with Crippen LogP contribution >= 0.6 is 0 Å². The van der Waals surface area contributed by atoms with Gasteiger partial charge < -0.3 is 14.2 Å². The van der Waals surface area contributed by atoms with Crippen molar-refractivity contribution in [1.82, 2.24) is 10.2 Å². The lowest BCUT2D eigenvalue weighted by molar-refractivity contribution is 0.398. The molecule has 5 heteroatoms. The van der Waals surface area contributed by atoms with Gasteiger partial charge in [0.05, 0.1) is 12.8 Å². The Labute approximate surface area is 93.9 Å². The molecule has 16 heavy (non-hydrogen) atoms. The Kier molecular flexibility index (Phi) is 2.68. The van der Waals surface area contributed by atoms with Crippen molar-refractivity contribution in [2.24, 2.45) is 0 Å². The van der Waals surface area contributed by atoms with Crippen LogP contribution in [0.4, 0.5) is 6.01 Å². The minimum atomic E-state index is -0.127. The normalized spacial score (nSPS) is 11.7. The molecule has 0 bridgehead atoms. The molecular formula is C11H15N3O2. The molecule has 0 amide bonds. The summed E-state index contributed by atoms with van der Waals surface area (Å²) in [4.78, 5) is 0. The third kappa shape index (κ3) is 2.42. The minimum absolute atomic E-state index is 0.127. The minimum Gasteiger partial charge on any atom is -0.467 e. The van der Waals surface area contributed by atoms with Gasteiger partial charge in [-0.05, 0) is 12.1 Å². The van der Waals surface area contributed by atoms with Crippen LogP contribution in [0.3, 0.4) is 0 Å². The fourth-order valence-electron chi connectivity index (χ4n) is 1.17. The number of nitrogens with zero attached hydrogens (tertiary/aromatic N) is 2. The summed E-state index contributed by atoms with van der Waals surface area (Å²) in [7, 11) is 0. The van der Waals surface area contributed by atoms with E-state index < -0.39 is 0 Å². The second-order valence-corrected chi connectivity index (χ2v) is 4.60. The molecule has 0 aromatic carbocycles. The molecule has 0 saturated heterocycles. The van der Waals surface area contributed by atoms with E-state index in [-0.39, 0.29) is 5.41 Å². The molecule has 0 aliphatic rings. The first-order chi connectivity index (χ1) is 7.55. The fraction of sp³-hybridized carbons (Fsp3) is 0.455. The van der Waals surface area contributed by atoms with Gasteiger partial charge in [0, 0.05) is 5.41 Å². The van der Waals surface area contributed by atoms with Gasteiger partial charge in [-0.2, -0.15) is 0 Å². The van der Waals surface area contributed by atoms with Crippen molar-refractivity contribution in [1.29, 1.82) is 0 Å². The van der Waals surface area contributed by atoms with E-state index >= 15 is 0 Å². The summed E-state index contributed by atoms with van der Waals surface area (Å²) in [5, 5.41) is 10.9. The maximum Gasteiger partial charge on any atom is 0.315 e. The largest absolute Gasteiger partial charge is 0.467 e. The zero-order valence-corrected chi connectivity index (χ0v) is 9.65. The van der Waals surface area contributed by atoms with Gasteiger partial charge in [0.15, 0.2) is 0 Å². The Morgan fingerprint density at radius 3 is 2.69 bits per heavy atom. The molecule has 0 saturated carbocycles. The summed E-state index contributed by atoms with van der Waals surface area (Å²) >= 11 is 0. The topological polar surface area (TPSA) is 64.1 Å². The van der Waals surface area contributed by atoms with Crippen LogP contribution in [0, 0.1) is 0 Å². The molecule has 86 valence electrons. The molecule has 0 unspecified atom stereocenters. The Morgan fingerprint density at radius 2 is 2.12 bits per heavy atom. The molecule has 0 fully saturated rings. The second-order valence-electron chi connectivity index (χ2n) is 4.60. The third-order valence-electron chi connectivity index (χ3n) is 2.06. The molecule has 2 aromatic rings. The molecule has 5 nitrogen and oxygen atoms in total. The first kappa shape index (κ1) is 10.7. The first-order valence-corrected chi connectivity index (χ1v) is 5.16. The Bertz CT molecular complexity index is 440. The standard InChI is InChI=1S/C11H15N3O2/c1-11(2,3)9-13-14-10(16-9)12-7-8-5-4-6-15-8/h4-6H,7H2,1-3H3,(H,12,14). The SMILES string of the molecule is CC(C)(C)c1nnc(NCc2ccco2)o1. The van der Waals surface area contributed by atoms with E-state index in [0.29, 0.717) is 18.5 Å². The van der Waals surface area contributed by atoms with E-state index in [2.05, 4.69) is 15.5 Å². The van der Waals surface area contributed by atoms with E-state index in [1.807, 2.05) is 32.9 Å². The first-order valence-electron chi connectivity index (χ1n) is 5.16. The van der Waals surface area contributed by atoms with Crippen LogP contribution in [0.25, 0.3) is 0 Å². The van der Waals surface area contributed by atoms with Crippen molar-refractivity contribution < 1.29 is 8.83 Å². The van der Waals surface area contributed by atoms with Gasteiger partial charge in [-0.1, -0.05) is 25.9 Å². The summed E-state index contributed by atoms with van der Waals surface area (Å²) in [5.74, 6) is 1.45. The van der Waals surface area contributed by atoms with Crippen LogP contribution in [-0.4, -0.2) is 10.2 Å². The van der Waals surface area contributed by atoms with Gasteiger partial charge in [-0.3, -0.25) is 0 Å². The zero-order valence-electron chi connectivity index (χ0n) is 9.65. The summed E-state index contributed by atoms with van der Waals surface area (Å²) < 4.78 is 10.6. The quantitative estimate of drug-likeness (QED) is 0.862. The van der Waals surface area contributed by atoms with Crippen LogP contribution in [0.1, 0.15) is 32.4 Å². The van der Waals surface area contributed by atoms with E-state index in [4.69, 9.17) is 8.83 Å². The number of hydrogen-bond donors (Lipinski definition) is 1. The second kappa shape index (κ2) is 4.00. The average molecular weight is 221 g/mol. The molecule has 0 aliphatic carbocycles. The van der Waals surface area contributed by atoms with Crippen LogP contribution in [0.5, 0.6) is 0 Å². The number of nitrogens with one attached hydrogen (secondary N) is 1. The van der Waals surface area contributed by atoms with Crippen molar-refractivity contribution >= 4 is 6.01 Å². The van der Waals surface area contributed by atoms with Crippen molar-refractivity contribution in [2.75, 3.05) is 5.32 Å². The maximum absolute atomic E-state index is 5.47. The van der Waals surface area contributed by atoms with Crippen molar-refractivity contribution in [3.05, 3.63) is 30.0 Å². The molecule has 0 radical (unpaired) electrons. The molecule has 0 atom stereocenters. The molecule has 0 spiro atoms. The van der Waals surface area contributed by atoms with Crippen molar-refractivity contribution in [2.45, 2.75) is 32.7 Å². The number of furan rings is 1. The number of aromatic nitrogens is 2. The van der Waals surface area contributed by atoms with Gasteiger partial charge in [0.25, 0.3) is 0 Å². The highest BCUT2D eigenvalue weighted by Gasteiger charge is 2.21. The highest BCUT2D eigenvalue weighted by atomic mass is 16.4. The van der Waals surface area contributed by atoms with Gasteiger partial charge in [0.1, 0.15) is 5.76 Å². The lowest BCUT2D eigenvalue weighted by Crippen LogP contribution is -2.11. The zero-order chi connectivity index (χ0) is 11.6. The predicted octanol–water partition coefficient (Wildman–Crippen LogP) is 2.57. The van der Waals surface area contributed by atoms with E-state index in [1.165, 1.54) is 0 Å². The van der Waals surface area contributed by atoms with Crippen LogP contribution in [0.15, 0.2) is 27.2 Å². The van der Waals surface area contributed by atoms with Gasteiger partial charge in [-0.15, -0.1) is 5.10 Å². The average Bonchev–Trinajstić information content (AvgIpc) is 2.85.